The molecule has 0 aromatic rings. The molecule has 6 nitrogen and oxygen atoms in total. The van der Waals surface area contributed by atoms with Crippen LogP contribution >= 0.6 is 0 Å². The zero-order valence-electron chi connectivity index (χ0n) is 18.3. The van der Waals surface area contributed by atoms with E-state index < -0.39 is 37.0 Å². The summed E-state index contributed by atoms with van der Waals surface area (Å²) >= 11 is 0. The van der Waals surface area contributed by atoms with E-state index in [4.69, 9.17) is 9.47 Å². The molecule has 1 saturated heterocycles. The lowest BCUT2D eigenvalue weighted by atomic mass is 10.1. The molecular weight excluding hydrogens is 384 g/mol. The molecule has 1 rings (SSSR count). The van der Waals surface area contributed by atoms with Gasteiger partial charge in [0.25, 0.3) is 0 Å². The fourth-order valence-electron chi connectivity index (χ4n) is 3.25. The zero-order chi connectivity index (χ0) is 22.0. The Bertz CT molecular complexity index is 528. The largest absolute Gasteiger partial charge is 0.457 e. The lowest BCUT2D eigenvalue weighted by Crippen LogP contribution is -2.43. The summed E-state index contributed by atoms with van der Waals surface area (Å²) in [6.07, 6.45) is 18.7. The van der Waals surface area contributed by atoms with Gasteiger partial charge in [0.1, 0.15) is 18.3 Å². The van der Waals surface area contributed by atoms with Gasteiger partial charge in [-0.2, -0.15) is 0 Å². The second kappa shape index (κ2) is 17.2. The number of hydrogen-bond donors (Lipinski definition) is 3. The van der Waals surface area contributed by atoms with Crippen molar-refractivity contribution >= 4 is 5.97 Å². The third-order valence-electron chi connectivity index (χ3n) is 5.10. The summed E-state index contributed by atoms with van der Waals surface area (Å²) in [5.41, 5.74) is 0. The molecule has 0 amide bonds. The van der Waals surface area contributed by atoms with E-state index >= 15 is 0 Å². The number of carbonyl (C=O) groups excluding carboxylic acids is 1. The van der Waals surface area contributed by atoms with Crippen molar-refractivity contribution in [2.45, 2.75) is 95.5 Å². The fourth-order valence-corrected chi connectivity index (χ4v) is 3.25. The van der Waals surface area contributed by atoms with Crippen LogP contribution < -0.4 is 0 Å². The first kappa shape index (κ1) is 26.6. The first-order valence-corrected chi connectivity index (χ1v) is 11.4. The van der Waals surface area contributed by atoms with Crippen molar-refractivity contribution in [2.24, 2.45) is 0 Å². The SMILES string of the molecule is CCCCC=CC=CC=CCCCCCCCC(=O)O[C@H](CO)[C@H]1OC[C@H](O)[C@H]1O. The van der Waals surface area contributed by atoms with Gasteiger partial charge in [-0.25, -0.2) is 0 Å². The van der Waals surface area contributed by atoms with E-state index in [9.17, 15) is 20.1 Å². The highest BCUT2D eigenvalue weighted by atomic mass is 16.6. The monoisotopic (exact) mass is 424 g/mol. The molecule has 0 saturated carbocycles. The highest BCUT2D eigenvalue weighted by Gasteiger charge is 2.41. The minimum absolute atomic E-state index is 0.0263. The number of carbonyl (C=O) groups is 1. The Labute approximate surface area is 181 Å². The lowest BCUT2D eigenvalue weighted by molar-refractivity contribution is -0.162. The van der Waals surface area contributed by atoms with E-state index in [1.54, 1.807) is 0 Å². The van der Waals surface area contributed by atoms with Gasteiger partial charge in [0.2, 0.25) is 0 Å². The number of esters is 1. The molecule has 0 aromatic carbocycles. The Morgan fingerprint density at radius 1 is 1.00 bits per heavy atom. The smallest absolute Gasteiger partial charge is 0.306 e. The van der Waals surface area contributed by atoms with Crippen LogP contribution in [0.3, 0.4) is 0 Å². The van der Waals surface area contributed by atoms with Crippen molar-refractivity contribution in [1.29, 1.82) is 0 Å². The molecule has 172 valence electrons. The van der Waals surface area contributed by atoms with Gasteiger partial charge in [0, 0.05) is 6.42 Å². The molecule has 1 heterocycles. The van der Waals surface area contributed by atoms with Crippen LogP contribution in [0.2, 0.25) is 0 Å². The van der Waals surface area contributed by atoms with Crippen LogP contribution in [-0.4, -0.2) is 58.9 Å². The average Bonchev–Trinajstić information content (AvgIpc) is 3.07. The Morgan fingerprint density at radius 2 is 1.63 bits per heavy atom. The van der Waals surface area contributed by atoms with Gasteiger partial charge in [-0.15, -0.1) is 0 Å². The Balaban J connectivity index is 2.02. The molecule has 0 unspecified atom stereocenters. The van der Waals surface area contributed by atoms with Crippen molar-refractivity contribution in [3.63, 3.8) is 0 Å². The summed E-state index contributed by atoms with van der Waals surface area (Å²) in [7, 11) is 0. The minimum atomic E-state index is -1.15. The van der Waals surface area contributed by atoms with Crippen molar-refractivity contribution in [2.75, 3.05) is 13.2 Å². The maximum atomic E-state index is 11.9. The summed E-state index contributed by atoms with van der Waals surface area (Å²) in [5.74, 6) is -0.412. The number of rotatable bonds is 16. The van der Waals surface area contributed by atoms with Crippen LogP contribution in [0.25, 0.3) is 0 Å². The maximum Gasteiger partial charge on any atom is 0.306 e. The van der Waals surface area contributed by atoms with E-state index in [-0.39, 0.29) is 13.0 Å². The third kappa shape index (κ3) is 11.6. The summed E-state index contributed by atoms with van der Waals surface area (Å²) in [4.78, 5) is 11.9. The quantitative estimate of drug-likeness (QED) is 0.199. The summed E-state index contributed by atoms with van der Waals surface area (Å²) < 4.78 is 10.4. The first-order valence-electron chi connectivity index (χ1n) is 11.4. The molecule has 1 fully saturated rings. The van der Waals surface area contributed by atoms with Gasteiger partial charge < -0.3 is 24.8 Å². The van der Waals surface area contributed by atoms with Crippen molar-refractivity contribution < 1.29 is 29.6 Å². The van der Waals surface area contributed by atoms with Crippen molar-refractivity contribution in [3.8, 4) is 0 Å². The van der Waals surface area contributed by atoms with Crippen LogP contribution in [-0.2, 0) is 14.3 Å². The number of aliphatic hydroxyl groups is 3. The number of hydrogen-bond acceptors (Lipinski definition) is 6. The van der Waals surface area contributed by atoms with Gasteiger partial charge >= 0.3 is 5.97 Å². The number of ether oxygens (including phenoxy) is 2. The molecule has 1 aliphatic rings. The molecule has 30 heavy (non-hydrogen) atoms. The highest BCUT2D eigenvalue weighted by molar-refractivity contribution is 5.69. The maximum absolute atomic E-state index is 11.9. The van der Waals surface area contributed by atoms with Crippen LogP contribution in [0, 0.1) is 0 Å². The first-order chi connectivity index (χ1) is 14.6. The molecule has 0 bridgehead atoms. The van der Waals surface area contributed by atoms with E-state index in [1.165, 1.54) is 12.8 Å². The van der Waals surface area contributed by atoms with Crippen molar-refractivity contribution in [3.05, 3.63) is 36.5 Å². The predicted octanol–water partition coefficient (Wildman–Crippen LogP) is 3.60. The normalized spacial score (nSPS) is 23.1. The molecule has 1 aliphatic heterocycles. The molecular formula is C24H40O6. The highest BCUT2D eigenvalue weighted by Crippen LogP contribution is 2.20. The second-order valence-electron chi connectivity index (χ2n) is 7.76. The summed E-state index contributed by atoms with van der Waals surface area (Å²) in [6, 6.07) is 0. The van der Waals surface area contributed by atoms with E-state index in [0.717, 1.165) is 44.9 Å². The van der Waals surface area contributed by atoms with Gasteiger partial charge in [-0.05, 0) is 25.7 Å². The Kier molecular flexibility index (Phi) is 15.3. The zero-order valence-corrected chi connectivity index (χ0v) is 18.3. The standard InChI is InChI=1S/C24H40O6/c1-2-3-4-5-6-7-8-9-10-11-12-13-14-15-16-17-22(27)30-21(18-25)24-23(28)20(26)19-29-24/h5-10,20-21,23-26,28H,2-4,11-19H2,1H3/t20-,21+,23+,24+/m0/s1. The molecule has 0 aromatic heterocycles. The molecule has 6 heteroatoms. The summed E-state index contributed by atoms with van der Waals surface area (Å²) in [6.45, 7) is 1.72. The van der Waals surface area contributed by atoms with Gasteiger partial charge in [0.05, 0.1) is 13.2 Å². The summed E-state index contributed by atoms with van der Waals surface area (Å²) in [5, 5.41) is 28.7. The molecule has 4 atom stereocenters. The predicted molar refractivity (Wildman–Crippen MR) is 118 cm³/mol. The Morgan fingerprint density at radius 3 is 2.23 bits per heavy atom. The minimum Gasteiger partial charge on any atom is -0.457 e. The van der Waals surface area contributed by atoms with E-state index in [1.807, 2.05) is 0 Å². The molecule has 3 N–H and O–H groups in total. The van der Waals surface area contributed by atoms with Gasteiger partial charge in [0.15, 0.2) is 6.10 Å². The second-order valence-corrected chi connectivity index (χ2v) is 7.76. The van der Waals surface area contributed by atoms with Gasteiger partial charge in [-0.1, -0.05) is 75.5 Å². The number of unbranched alkanes of at least 4 members (excludes halogenated alkanes) is 7. The number of allylic oxidation sites excluding steroid dienone is 6. The molecule has 0 radical (unpaired) electrons. The third-order valence-corrected chi connectivity index (χ3v) is 5.10. The van der Waals surface area contributed by atoms with Crippen LogP contribution in [0.5, 0.6) is 0 Å². The van der Waals surface area contributed by atoms with Crippen LogP contribution in [0.4, 0.5) is 0 Å². The topological polar surface area (TPSA) is 96.2 Å². The lowest BCUT2D eigenvalue weighted by Gasteiger charge is -2.24. The molecule has 0 spiro atoms. The number of aliphatic hydroxyl groups excluding tert-OH is 3. The Hall–Kier alpha value is -1.47. The van der Waals surface area contributed by atoms with E-state index in [2.05, 4.69) is 43.4 Å². The van der Waals surface area contributed by atoms with E-state index in [0.29, 0.717) is 0 Å². The fraction of sp³-hybridized carbons (Fsp3) is 0.708. The van der Waals surface area contributed by atoms with Gasteiger partial charge in [-0.3, -0.25) is 4.79 Å². The average molecular weight is 425 g/mol. The van der Waals surface area contributed by atoms with Crippen LogP contribution in [0.1, 0.15) is 71.1 Å². The van der Waals surface area contributed by atoms with Crippen LogP contribution in [0.15, 0.2) is 36.5 Å². The molecule has 0 aliphatic carbocycles. The van der Waals surface area contributed by atoms with Crippen molar-refractivity contribution in [1.82, 2.24) is 0 Å².